The van der Waals surface area contributed by atoms with Crippen molar-refractivity contribution in [3.63, 3.8) is 0 Å². The molecule has 0 unspecified atom stereocenters. The number of carbonyl (C=O) groups is 2. The lowest BCUT2D eigenvalue weighted by Crippen LogP contribution is -2.12. The van der Waals surface area contributed by atoms with E-state index in [9.17, 15) is 14.7 Å². The molecular formula is C21H10Cl2N2O4S. The summed E-state index contributed by atoms with van der Waals surface area (Å²) in [6, 6.07) is 11.7. The first-order chi connectivity index (χ1) is 14.4. The molecule has 0 aliphatic rings. The Morgan fingerprint density at radius 3 is 2.60 bits per heavy atom. The fourth-order valence-corrected chi connectivity index (χ4v) is 4.47. The third-order valence-electron chi connectivity index (χ3n) is 4.35. The molecule has 0 fully saturated rings. The third-order valence-corrected chi connectivity index (χ3v) is 5.93. The fourth-order valence-electron chi connectivity index (χ4n) is 2.97. The van der Waals surface area contributed by atoms with Crippen LogP contribution in [-0.4, -0.2) is 17.0 Å². The summed E-state index contributed by atoms with van der Waals surface area (Å²) in [5, 5.41) is 15.0. The molecule has 0 saturated carbocycles. The molecule has 0 spiro atoms. The second kappa shape index (κ2) is 7.84. The summed E-state index contributed by atoms with van der Waals surface area (Å²) in [7, 11) is 0. The van der Waals surface area contributed by atoms with Gasteiger partial charge in [0.15, 0.2) is 5.76 Å². The Morgan fingerprint density at radius 2 is 1.90 bits per heavy atom. The highest BCUT2D eigenvalue weighted by atomic mass is 35.5. The van der Waals surface area contributed by atoms with Gasteiger partial charge in [-0.3, -0.25) is 4.79 Å². The average molecular weight is 457 g/mol. The molecule has 2 heterocycles. The lowest BCUT2D eigenvalue weighted by Gasteiger charge is -2.08. The minimum absolute atomic E-state index is 0.0335. The highest BCUT2D eigenvalue weighted by Crippen LogP contribution is 2.44. The van der Waals surface area contributed by atoms with Crippen LogP contribution in [0.5, 0.6) is 0 Å². The van der Waals surface area contributed by atoms with Crippen molar-refractivity contribution in [2.75, 3.05) is 5.32 Å². The van der Waals surface area contributed by atoms with Crippen LogP contribution in [-0.2, 0) is 0 Å². The van der Waals surface area contributed by atoms with Crippen LogP contribution in [0.25, 0.3) is 26.9 Å². The van der Waals surface area contributed by atoms with Gasteiger partial charge >= 0.3 is 5.97 Å². The van der Waals surface area contributed by atoms with Gasteiger partial charge in [-0.25, -0.2) is 9.64 Å². The predicted molar refractivity (Wildman–Crippen MR) is 117 cm³/mol. The number of nitrogens with one attached hydrogen (secondary N) is 1. The summed E-state index contributed by atoms with van der Waals surface area (Å²) in [6.45, 7) is 7.24. The van der Waals surface area contributed by atoms with E-state index < -0.39 is 11.9 Å². The standard InChI is InChI=1S/C21H10Cl2N2O4S/c1-24-18-13(22)7-6-11(17(18)23)12-9-30-20(16(12)21(27)28)25-19(26)15-8-10-4-2-3-5-14(10)29-15/h2-9H,(H,25,26)(H,27,28). The SMILES string of the molecule is [C-]#[N+]c1c(Cl)ccc(-c2csc(NC(=O)c3cc4ccccc4o3)c2C(=O)O)c1Cl. The minimum Gasteiger partial charge on any atom is -0.478 e. The highest BCUT2D eigenvalue weighted by Gasteiger charge is 2.25. The van der Waals surface area contributed by atoms with Gasteiger partial charge in [-0.2, -0.15) is 0 Å². The van der Waals surface area contributed by atoms with Crippen molar-refractivity contribution in [2.24, 2.45) is 0 Å². The molecule has 1 amide bonds. The van der Waals surface area contributed by atoms with Gasteiger partial charge in [-0.05, 0) is 17.7 Å². The number of aromatic carboxylic acids is 1. The first-order valence-electron chi connectivity index (χ1n) is 8.41. The Labute approximate surface area is 184 Å². The van der Waals surface area contributed by atoms with Crippen LogP contribution in [0.2, 0.25) is 10.0 Å². The van der Waals surface area contributed by atoms with E-state index in [1.165, 1.54) is 6.07 Å². The van der Waals surface area contributed by atoms with Gasteiger partial charge in [0.25, 0.3) is 5.91 Å². The third kappa shape index (κ3) is 3.42. The maximum Gasteiger partial charge on any atom is 0.339 e. The number of fused-ring (bicyclic) bond motifs is 1. The molecule has 2 N–H and O–H groups in total. The molecule has 30 heavy (non-hydrogen) atoms. The number of halogens is 2. The topological polar surface area (TPSA) is 83.9 Å². The van der Waals surface area contributed by atoms with Crippen LogP contribution in [0.3, 0.4) is 0 Å². The van der Waals surface area contributed by atoms with Crippen LogP contribution >= 0.6 is 34.5 Å². The molecular weight excluding hydrogens is 447 g/mol. The summed E-state index contributed by atoms with van der Waals surface area (Å²) in [5.41, 5.74) is 1.06. The number of carboxylic acids is 1. The molecule has 2 aromatic heterocycles. The Bertz CT molecular complexity index is 1330. The second-order valence-electron chi connectivity index (χ2n) is 6.13. The number of hydrogen-bond acceptors (Lipinski definition) is 4. The van der Waals surface area contributed by atoms with Crippen molar-refractivity contribution in [3.8, 4) is 11.1 Å². The number of carbonyl (C=O) groups excluding carboxylic acids is 1. The van der Waals surface area contributed by atoms with E-state index in [0.29, 0.717) is 11.1 Å². The summed E-state index contributed by atoms with van der Waals surface area (Å²) in [5.74, 6) is -1.77. The van der Waals surface area contributed by atoms with E-state index >= 15 is 0 Å². The molecule has 0 atom stereocenters. The smallest absolute Gasteiger partial charge is 0.339 e. The largest absolute Gasteiger partial charge is 0.478 e. The average Bonchev–Trinajstić information content (AvgIpc) is 3.32. The highest BCUT2D eigenvalue weighted by molar-refractivity contribution is 7.15. The number of furan rings is 1. The predicted octanol–water partition coefficient (Wildman–Crippen LogP) is 6.97. The van der Waals surface area contributed by atoms with E-state index in [1.807, 2.05) is 6.07 Å². The molecule has 0 aliphatic carbocycles. The zero-order valence-electron chi connectivity index (χ0n) is 14.9. The number of carboxylic acid groups (broad SMARTS) is 1. The second-order valence-corrected chi connectivity index (χ2v) is 7.80. The van der Waals surface area contributed by atoms with Crippen molar-refractivity contribution in [1.82, 2.24) is 0 Å². The maximum atomic E-state index is 12.6. The van der Waals surface area contributed by atoms with E-state index in [2.05, 4.69) is 10.2 Å². The Hall–Kier alpha value is -3.31. The van der Waals surface area contributed by atoms with Crippen molar-refractivity contribution in [3.05, 3.63) is 80.6 Å². The first-order valence-corrected chi connectivity index (χ1v) is 10.0. The van der Waals surface area contributed by atoms with Crippen molar-refractivity contribution >= 4 is 68.1 Å². The number of rotatable bonds is 4. The minimum atomic E-state index is -1.25. The van der Waals surface area contributed by atoms with Crippen LogP contribution in [0, 0.1) is 6.57 Å². The fraction of sp³-hybridized carbons (Fsp3) is 0. The van der Waals surface area contributed by atoms with Gasteiger partial charge in [0.05, 0.1) is 11.6 Å². The molecule has 2 aromatic carbocycles. The molecule has 4 aromatic rings. The van der Waals surface area contributed by atoms with Crippen LogP contribution < -0.4 is 5.32 Å². The summed E-state index contributed by atoms with van der Waals surface area (Å²) >= 11 is 13.3. The number of anilines is 1. The maximum absolute atomic E-state index is 12.6. The lowest BCUT2D eigenvalue weighted by atomic mass is 10.0. The van der Waals surface area contributed by atoms with Crippen molar-refractivity contribution in [2.45, 2.75) is 0 Å². The first kappa shape index (κ1) is 20.0. The quantitative estimate of drug-likeness (QED) is 0.324. The van der Waals surface area contributed by atoms with Crippen LogP contribution in [0.4, 0.5) is 10.7 Å². The number of para-hydroxylation sites is 1. The molecule has 148 valence electrons. The molecule has 0 radical (unpaired) electrons. The number of hydrogen-bond donors (Lipinski definition) is 2. The van der Waals surface area contributed by atoms with Gasteiger partial charge < -0.3 is 14.8 Å². The molecule has 0 saturated heterocycles. The van der Waals surface area contributed by atoms with Crippen molar-refractivity contribution in [1.29, 1.82) is 0 Å². The summed E-state index contributed by atoms with van der Waals surface area (Å²) < 4.78 is 5.53. The number of benzene rings is 2. The molecule has 9 heteroatoms. The number of thiophene rings is 1. The van der Waals surface area contributed by atoms with Gasteiger partial charge in [0.2, 0.25) is 5.69 Å². The van der Waals surface area contributed by atoms with E-state index in [4.69, 9.17) is 34.2 Å². The Kier molecular flexibility index (Phi) is 5.22. The molecule has 6 nitrogen and oxygen atoms in total. The molecule has 0 aliphatic heterocycles. The van der Waals surface area contributed by atoms with Gasteiger partial charge in [-0.1, -0.05) is 53.5 Å². The number of amides is 1. The number of nitrogens with zero attached hydrogens (tertiary/aromatic N) is 1. The van der Waals surface area contributed by atoms with Gasteiger partial charge in [0.1, 0.15) is 16.1 Å². The Balaban J connectivity index is 1.74. The van der Waals surface area contributed by atoms with Crippen LogP contribution in [0.15, 0.2) is 52.3 Å². The molecule has 4 rings (SSSR count). The monoisotopic (exact) mass is 456 g/mol. The lowest BCUT2D eigenvalue weighted by molar-refractivity contribution is 0.0699. The van der Waals surface area contributed by atoms with Crippen molar-refractivity contribution < 1.29 is 19.1 Å². The van der Waals surface area contributed by atoms with Gasteiger partial charge in [0, 0.05) is 21.4 Å². The Morgan fingerprint density at radius 1 is 1.13 bits per heavy atom. The zero-order chi connectivity index (χ0) is 21.4. The van der Waals surface area contributed by atoms with Gasteiger partial charge in [-0.15, -0.1) is 11.3 Å². The van der Waals surface area contributed by atoms with Crippen LogP contribution in [0.1, 0.15) is 20.9 Å². The molecule has 0 bridgehead atoms. The normalized spacial score (nSPS) is 10.7. The summed E-state index contributed by atoms with van der Waals surface area (Å²) in [4.78, 5) is 27.9. The van der Waals surface area contributed by atoms with E-state index in [0.717, 1.165) is 16.7 Å². The van der Waals surface area contributed by atoms with E-state index in [1.54, 1.807) is 35.7 Å². The summed E-state index contributed by atoms with van der Waals surface area (Å²) in [6.07, 6.45) is 0. The van der Waals surface area contributed by atoms with E-state index in [-0.39, 0.29) is 37.6 Å². The zero-order valence-corrected chi connectivity index (χ0v) is 17.2.